The highest BCUT2D eigenvalue weighted by Gasteiger charge is 2.00. The summed E-state index contributed by atoms with van der Waals surface area (Å²) in [6.45, 7) is 10.0. The SMILES string of the molecule is C=C/C=C(Cl)\C(C)=C(/C)OCC. The van der Waals surface area contributed by atoms with Crippen molar-refractivity contribution in [2.75, 3.05) is 6.61 Å². The second-order valence-corrected chi connectivity index (χ2v) is 2.77. The summed E-state index contributed by atoms with van der Waals surface area (Å²) in [6, 6.07) is 0. The van der Waals surface area contributed by atoms with Gasteiger partial charge < -0.3 is 4.74 Å². The van der Waals surface area contributed by atoms with Crippen molar-refractivity contribution >= 4 is 11.6 Å². The van der Waals surface area contributed by atoms with Gasteiger partial charge in [-0.05, 0) is 26.8 Å². The Bertz CT molecular complexity index is 214. The first kappa shape index (κ1) is 11.3. The van der Waals surface area contributed by atoms with Crippen molar-refractivity contribution in [3.05, 3.63) is 35.1 Å². The van der Waals surface area contributed by atoms with E-state index in [1.165, 1.54) is 0 Å². The summed E-state index contributed by atoms with van der Waals surface area (Å²) < 4.78 is 5.29. The molecule has 68 valence electrons. The van der Waals surface area contributed by atoms with Crippen molar-refractivity contribution < 1.29 is 4.74 Å². The van der Waals surface area contributed by atoms with Gasteiger partial charge in [0.2, 0.25) is 0 Å². The quantitative estimate of drug-likeness (QED) is 0.481. The predicted molar refractivity (Wildman–Crippen MR) is 54.1 cm³/mol. The maximum atomic E-state index is 5.91. The summed E-state index contributed by atoms with van der Waals surface area (Å²) >= 11 is 5.91. The van der Waals surface area contributed by atoms with Gasteiger partial charge in [-0.25, -0.2) is 0 Å². The van der Waals surface area contributed by atoms with E-state index in [4.69, 9.17) is 16.3 Å². The van der Waals surface area contributed by atoms with Crippen molar-refractivity contribution in [3.8, 4) is 0 Å². The molecule has 0 aromatic heterocycles. The van der Waals surface area contributed by atoms with Crippen LogP contribution >= 0.6 is 11.6 Å². The molecule has 0 aromatic rings. The number of hydrogen-bond acceptors (Lipinski definition) is 1. The van der Waals surface area contributed by atoms with E-state index >= 15 is 0 Å². The Morgan fingerprint density at radius 2 is 2.08 bits per heavy atom. The minimum absolute atomic E-state index is 0.668. The summed E-state index contributed by atoms with van der Waals surface area (Å²) in [5, 5.41) is 0.677. The van der Waals surface area contributed by atoms with Crippen LogP contribution in [-0.2, 0) is 4.74 Å². The van der Waals surface area contributed by atoms with E-state index in [-0.39, 0.29) is 0 Å². The summed E-state index contributed by atoms with van der Waals surface area (Å²) in [7, 11) is 0. The van der Waals surface area contributed by atoms with Gasteiger partial charge in [-0.2, -0.15) is 0 Å². The van der Waals surface area contributed by atoms with Crippen LogP contribution in [0.15, 0.2) is 35.1 Å². The Kier molecular flexibility index (Phi) is 5.56. The van der Waals surface area contributed by atoms with Gasteiger partial charge in [0.1, 0.15) is 0 Å². The molecular weight excluding hydrogens is 172 g/mol. The highest BCUT2D eigenvalue weighted by molar-refractivity contribution is 6.32. The van der Waals surface area contributed by atoms with Gasteiger partial charge in [0.05, 0.1) is 12.4 Å². The monoisotopic (exact) mass is 186 g/mol. The van der Waals surface area contributed by atoms with Crippen LogP contribution in [0, 0.1) is 0 Å². The van der Waals surface area contributed by atoms with Crippen molar-refractivity contribution in [1.82, 2.24) is 0 Å². The molecule has 0 N–H and O–H groups in total. The predicted octanol–water partition coefficient (Wildman–Crippen LogP) is 3.63. The maximum absolute atomic E-state index is 5.91. The molecule has 1 nitrogen and oxygen atoms in total. The second-order valence-electron chi connectivity index (χ2n) is 2.36. The molecule has 0 radical (unpaired) electrons. The molecule has 0 amide bonds. The molecule has 0 saturated carbocycles. The van der Waals surface area contributed by atoms with Gasteiger partial charge in [-0.1, -0.05) is 24.3 Å². The minimum Gasteiger partial charge on any atom is -0.498 e. The molecular formula is C10H15ClO. The molecule has 0 aliphatic carbocycles. The lowest BCUT2D eigenvalue weighted by molar-refractivity contribution is 0.228. The Hall–Kier alpha value is -0.690. The van der Waals surface area contributed by atoms with E-state index in [1.807, 2.05) is 20.8 Å². The topological polar surface area (TPSA) is 9.23 Å². The lowest BCUT2D eigenvalue weighted by atomic mass is 10.2. The average molecular weight is 187 g/mol. The van der Waals surface area contributed by atoms with Gasteiger partial charge in [-0.3, -0.25) is 0 Å². The summed E-state index contributed by atoms with van der Waals surface area (Å²) in [6.07, 6.45) is 3.41. The first-order chi connectivity index (χ1) is 5.63. The van der Waals surface area contributed by atoms with Gasteiger partial charge in [-0.15, -0.1) is 0 Å². The molecule has 2 heteroatoms. The molecule has 0 bridgehead atoms. The van der Waals surface area contributed by atoms with Gasteiger partial charge in [0.25, 0.3) is 0 Å². The van der Waals surface area contributed by atoms with Crippen LogP contribution in [0.1, 0.15) is 20.8 Å². The van der Waals surface area contributed by atoms with E-state index in [1.54, 1.807) is 12.2 Å². The standard InChI is InChI=1S/C10H15ClO/c1-5-7-10(11)8(3)9(4)12-6-2/h5,7H,1,6H2,2-4H3/b9-8+,10-7+. The zero-order valence-corrected chi connectivity index (χ0v) is 8.61. The minimum atomic E-state index is 0.668. The molecule has 0 heterocycles. The third kappa shape index (κ3) is 3.63. The third-order valence-corrected chi connectivity index (χ3v) is 1.92. The van der Waals surface area contributed by atoms with E-state index in [2.05, 4.69) is 6.58 Å². The molecule has 0 saturated heterocycles. The smallest absolute Gasteiger partial charge is 0.0972 e. The van der Waals surface area contributed by atoms with E-state index in [0.717, 1.165) is 11.3 Å². The fraction of sp³-hybridized carbons (Fsp3) is 0.400. The zero-order chi connectivity index (χ0) is 9.56. The first-order valence-electron chi connectivity index (χ1n) is 3.92. The Balaban J connectivity index is 4.53. The Morgan fingerprint density at radius 1 is 1.50 bits per heavy atom. The van der Waals surface area contributed by atoms with Crippen LogP contribution in [-0.4, -0.2) is 6.61 Å². The first-order valence-corrected chi connectivity index (χ1v) is 4.30. The average Bonchev–Trinajstić information content (AvgIpc) is 2.04. The molecule has 0 aromatic carbocycles. The summed E-state index contributed by atoms with van der Waals surface area (Å²) in [4.78, 5) is 0. The number of ether oxygens (including phenoxy) is 1. The molecule has 0 unspecified atom stereocenters. The lowest BCUT2D eigenvalue weighted by Crippen LogP contribution is -1.91. The van der Waals surface area contributed by atoms with E-state index in [9.17, 15) is 0 Å². The van der Waals surface area contributed by atoms with Crippen LogP contribution in [0.4, 0.5) is 0 Å². The zero-order valence-electron chi connectivity index (χ0n) is 7.86. The highest BCUT2D eigenvalue weighted by atomic mass is 35.5. The largest absolute Gasteiger partial charge is 0.498 e. The number of halogens is 1. The molecule has 0 fully saturated rings. The van der Waals surface area contributed by atoms with Gasteiger partial charge in [0.15, 0.2) is 0 Å². The third-order valence-electron chi connectivity index (χ3n) is 1.51. The van der Waals surface area contributed by atoms with Crippen molar-refractivity contribution in [2.24, 2.45) is 0 Å². The van der Waals surface area contributed by atoms with Gasteiger partial charge >= 0.3 is 0 Å². The maximum Gasteiger partial charge on any atom is 0.0972 e. The fourth-order valence-electron chi connectivity index (χ4n) is 0.721. The van der Waals surface area contributed by atoms with Crippen molar-refractivity contribution in [2.45, 2.75) is 20.8 Å². The summed E-state index contributed by atoms with van der Waals surface area (Å²) in [5.41, 5.74) is 0.957. The Labute approximate surface area is 79.4 Å². The second kappa shape index (κ2) is 5.90. The molecule has 12 heavy (non-hydrogen) atoms. The molecule has 0 atom stereocenters. The lowest BCUT2D eigenvalue weighted by Gasteiger charge is -2.06. The van der Waals surface area contributed by atoms with Crippen molar-refractivity contribution in [3.63, 3.8) is 0 Å². The molecule has 0 aliphatic heterocycles. The van der Waals surface area contributed by atoms with Crippen LogP contribution in [0.2, 0.25) is 0 Å². The van der Waals surface area contributed by atoms with Crippen LogP contribution in [0.25, 0.3) is 0 Å². The Morgan fingerprint density at radius 3 is 2.50 bits per heavy atom. The van der Waals surface area contributed by atoms with Crippen LogP contribution in [0.3, 0.4) is 0 Å². The fourth-order valence-corrected chi connectivity index (χ4v) is 0.944. The molecule has 0 aliphatic rings. The van der Waals surface area contributed by atoms with Crippen molar-refractivity contribution in [1.29, 1.82) is 0 Å². The normalized spacial score (nSPS) is 13.8. The van der Waals surface area contributed by atoms with E-state index in [0.29, 0.717) is 11.6 Å². The molecule has 0 spiro atoms. The highest BCUT2D eigenvalue weighted by Crippen LogP contribution is 2.18. The van der Waals surface area contributed by atoms with E-state index < -0.39 is 0 Å². The van der Waals surface area contributed by atoms with Crippen LogP contribution in [0.5, 0.6) is 0 Å². The van der Waals surface area contributed by atoms with Gasteiger partial charge in [0, 0.05) is 10.6 Å². The molecule has 0 rings (SSSR count). The number of allylic oxidation sites excluding steroid dienone is 5. The number of rotatable bonds is 4. The van der Waals surface area contributed by atoms with Crippen LogP contribution < -0.4 is 0 Å². The summed E-state index contributed by atoms with van der Waals surface area (Å²) in [5.74, 6) is 0.862. The number of hydrogen-bond donors (Lipinski definition) is 0.